The molecule has 1 aromatic heterocycles. The van der Waals surface area contributed by atoms with E-state index in [4.69, 9.17) is 27.9 Å². The number of carbonyl (C=O) groups excluding carboxylic acids is 1. The molecular weight excluding hydrogens is 369 g/mol. The molecule has 1 aliphatic heterocycles. The van der Waals surface area contributed by atoms with Gasteiger partial charge in [-0.2, -0.15) is 5.10 Å². The second-order valence-electron chi connectivity index (χ2n) is 5.70. The predicted molar refractivity (Wildman–Crippen MR) is 91.5 cm³/mol. The van der Waals surface area contributed by atoms with E-state index in [0.717, 1.165) is 0 Å². The van der Waals surface area contributed by atoms with Crippen LogP contribution in [0.3, 0.4) is 0 Å². The highest BCUT2D eigenvalue weighted by molar-refractivity contribution is 6.42. The van der Waals surface area contributed by atoms with Crippen molar-refractivity contribution in [2.75, 3.05) is 13.2 Å². The fourth-order valence-corrected chi connectivity index (χ4v) is 2.90. The lowest BCUT2D eigenvalue weighted by Crippen LogP contribution is -2.57. The van der Waals surface area contributed by atoms with Gasteiger partial charge in [0.25, 0.3) is 5.91 Å². The van der Waals surface area contributed by atoms with Crippen molar-refractivity contribution in [2.24, 2.45) is 0 Å². The number of ether oxygens (including phenoxy) is 1. The molecule has 1 fully saturated rings. The fourth-order valence-electron chi connectivity index (χ4n) is 2.61. The standard InChI is InChI=1S/C16H15Cl2N3O4/c17-11-2-1-10(9-12(11)18)21-6-3-13(20-21)14(22)19-16(15(23)24)4-7-25-8-5-16/h1-3,6,9H,4-5,7-8H2,(H,19,22)(H,23,24). The molecule has 0 spiro atoms. The summed E-state index contributed by atoms with van der Waals surface area (Å²) in [5.74, 6) is -1.63. The van der Waals surface area contributed by atoms with Crippen LogP contribution in [0.15, 0.2) is 30.5 Å². The zero-order valence-corrected chi connectivity index (χ0v) is 14.5. The maximum absolute atomic E-state index is 12.4. The smallest absolute Gasteiger partial charge is 0.329 e. The Bertz CT molecular complexity index is 815. The van der Waals surface area contributed by atoms with Gasteiger partial charge in [-0.3, -0.25) is 4.79 Å². The fraction of sp³-hybridized carbons (Fsp3) is 0.312. The van der Waals surface area contributed by atoms with E-state index in [1.807, 2.05) is 0 Å². The molecule has 3 rings (SSSR count). The third kappa shape index (κ3) is 3.63. The summed E-state index contributed by atoms with van der Waals surface area (Å²) in [7, 11) is 0. The Hall–Kier alpha value is -2.09. The topological polar surface area (TPSA) is 93.5 Å². The van der Waals surface area contributed by atoms with E-state index in [1.165, 1.54) is 10.7 Å². The highest BCUT2D eigenvalue weighted by Gasteiger charge is 2.42. The molecule has 9 heteroatoms. The van der Waals surface area contributed by atoms with Crippen molar-refractivity contribution in [3.8, 4) is 5.69 Å². The molecule has 25 heavy (non-hydrogen) atoms. The Morgan fingerprint density at radius 3 is 2.56 bits per heavy atom. The average Bonchev–Trinajstić information content (AvgIpc) is 3.08. The molecule has 0 aliphatic carbocycles. The molecule has 1 saturated heterocycles. The van der Waals surface area contributed by atoms with Crippen LogP contribution >= 0.6 is 23.2 Å². The van der Waals surface area contributed by atoms with Gasteiger partial charge in [0, 0.05) is 32.3 Å². The zero-order chi connectivity index (χ0) is 18.0. The number of carboxylic acids is 1. The molecule has 0 radical (unpaired) electrons. The predicted octanol–water partition coefficient (Wildman–Crippen LogP) is 2.54. The molecule has 132 valence electrons. The summed E-state index contributed by atoms with van der Waals surface area (Å²) in [5.41, 5.74) is -0.589. The van der Waals surface area contributed by atoms with Crippen molar-refractivity contribution in [3.05, 3.63) is 46.2 Å². The van der Waals surface area contributed by atoms with Crippen LogP contribution in [0.2, 0.25) is 10.0 Å². The summed E-state index contributed by atoms with van der Waals surface area (Å²) >= 11 is 11.9. The lowest BCUT2D eigenvalue weighted by Gasteiger charge is -2.33. The number of amides is 1. The van der Waals surface area contributed by atoms with Gasteiger partial charge in [-0.25, -0.2) is 9.48 Å². The first-order valence-electron chi connectivity index (χ1n) is 7.56. The first-order valence-corrected chi connectivity index (χ1v) is 8.32. The third-order valence-corrected chi connectivity index (χ3v) is 4.84. The summed E-state index contributed by atoms with van der Waals surface area (Å²) in [6, 6.07) is 6.46. The number of hydrogen-bond donors (Lipinski definition) is 2. The van der Waals surface area contributed by atoms with Gasteiger partial charge in [0.2, 0.25) is 0 Å². The minimum atomic E-state index is -1.33. The molecule has 2 heterocycles. The van der Waals surface area contributed by atoms with Crippen LogP contribution in [0.4, 0.5) is 0 Å². The lowest BCUT2D eigenvalue weighted by molar-refractivity contribution is -0.148. The maximum Gasteiger partial charge on any atom is 0.329 e. The van der Waals surface area contributed by atoms with Crippen molar-refractivity contribution in [1.29, 1.82) is 0 Å². The van der Waals surface area contributed by atoms with Gasteiger partial charge in [-0.05, 0) is 24.3 Å². The van der Waals surface area contributed by atoms with Crippen LogP contribution in [0.1, 0.15) is 23.3 Å². The monoisotopic (exact) mass is 383 g/mol. The van der Waals surface area contributed by atoms with E-state index in [2.05, 4.69) is 10.4 Å². The molecule has 0 unspecified atom stereocenters. The molecular formula is C16H15Cl2N3O4. The Balaban J connectivity index is 1.80. The van der Waals surface area contributed by atoms with Crippen LogP contribution in [-0.4, -0.2) is 45.5 Å². The van der Waals surface area contributed by atoms with E-state index in [0.29, 0.717) is 15.7 Å². The van der Waals surface area contributed by atoms with E-state index in [-0.39, 0.29) is 31.7 Å². The number of nitrogens with one attached hydrogen (secondary N) is 1. The number of rotatable bonds is 4. The first-order chi connectivity index (χ1) is 11.9. The summed E-state index contributed by atoms with van der Waals surface area (Å²) in [4.78, 5) is 24.1. The third-order valence-electron chi connectivity index (χ3n) is 4.10. The lowest BCUT2D eigenvalue weighted by atomic mass is 9.90. The van der Waals surface area contributed by atoms with Gasteiger partial charge < -0.3 is 15.2 Å². The molecule has 1 amide bonds. The van der Waals surface area contributed by atoms with E-state index < -0.39 is 17.4 Å². The van der Waals surface area contributed by atoms with Crippen molar-refractivity contribution >= 4 is 35.1 Å². The Morgan fingerprint density at radius 1 is 1.20 bits per heavy atom. The average molecular weight is 384 g/mol. The van der Waals surface area contributed by atoms with Gasteiger partial charge in [0.15, 0.2) is 5.69 Å². The largest absolute Gasteiger partial charge is 0.480 e. The number of hydrogen-bond acceptors (Lipinski definition) is 4. The van der Waals surface area contributed by atoms with Crippen LogP contribution in [-0.2, 0) is 9.53 Å². The van der Waals surface area contributed by atoms with Gasteiger partial charge in [0.1, 0.15) is 5.54 Å². The number of aromatic nitrogens is 2. The number of aliphatic carboxylic acids is 1. The number of benzene rings is 1. The van der Waals surface area contributed by atoms with Crippen molar-refractivity contribution in [2.45, 2.75) is 18.4 Å². The first kappa shape index (κ1) is 17.7. The Morgan fingerprint density at radius 2 is 1.92 bits per heavy atom. The second kappa shape index (κ2) is 7.03. The minimum absolute atomic E-state index is 0.109. The van der Waals surface area contributed by atoms with E-state index in [9.17, 15) is 14.7 Å². The van der Waals surface area contributed by atoms with Crippen LogP contribution in [0, 0.1) is 0 Å². The molecule has 1 aliphatic rings. The quantitative estimate of drug-likeness (QED) is 0.845. The van der Waals surface area contributed by atoms with Crippen molar-refractivity contribution < 1.29 is 19.4 Å². The number of nitrogens with zero attached hydrogens (tertiary/aromatic N) is 2. The summed E-state index contributed by atoms with van der Waals surface area (Å²) in [5, 5.41) is 17.1. The summed E-state index contributed by atoms with van der Waals surface area (Å²) in [6.07, 6.45) is 2.01. The molecule has 0 saturated carbocycles. The molecule has 0 bridgehead atoms. The normalized spacial score (nSPS) is 16.4. The van der Waals surface area contributed by atoms with Crippen LogP contribution in [0.5, 0.6) is 0 Å². The Labute approximate surface area is 153 Å². The van der Waals surface area contributed by atoms with Crippen molar-refractivity contribution in [1.82, 2.24) is 15.1 Å². The van der Waals surface area contributed by atoms with Crippen LogP contribution in [0.25, 0.3) is 5.69 Å². The van der Waals surface area contributed by atoms with E-state index in [1.54, 1.807) is 24.4 Å². The van der Waals surface area contributed by atoms with Gasteiger partial charge in [0.05, 0.1) is 15.7 Å². The summed E-state index contributed by atoms with van der Waals surface area (Å²) in [6.45, 7) is 0.564. The van der Waals surface area contributed by atoms with Gasteiger partial charge in [-0.15, -0.1) is 0 Å². The molecule has 0 atom stereocenters. The number of carbonyl (C=O) groups is 2. The maximum atomic E-state index is 12.4. The molecule has 7 nitrogen and oxygen atoms in total. The highest BCUT2D eigenvalue weighted by atomic mass is 35.5. The number of carboxylic acid groups (broad SMARTS) is 1. The molecule has 2 aromatic rings. The van der Waals surface area contributed by atoms with Gasteiger partial charge >= 0.3 is 5.97 Å². The van der Waals surface area contributed by atoms with Gasteiger partial charge in [-0.1, -0.05) is 23.2 Å². The Kier molecular flexibility index (Phi) is 4.99. The SMILES string of the molecule is O=C(NC1(C(=O)O)CCOCC1)c1ccn(-c2ccc(Cl)c(Cl)c2)n1. The minimum Gasteiger partial charge on any atom is -0.480 e. The number of halogens is 2. The zero-order valence-electron chi connectivity index (χ0n) is 13.0. The van der Waals surface area contributed by atoms with Crippen LogP contribution < -0.4 is 5.32 Å². The van der Waals surface area contributed by atoms with E-state index >= 15 is 0 Å². The van der Waals surface area contributed by atoms with Crippen molar-refractivity contribution in [3.63, 3.8) is 0 Å². The highest BCUT2D eigenvalue weighted by Crippen LogP contribution is 2.25. The summed E-state index contributed by atoms with van der Waals surface area (Å²) < 4.78 is 6.65. The molecule has 2 N–H and O–H groups in total. The second-order valence-corrected chi connectivity index (χ2v) is 6.51. The molecule has 1 aromatic carbocycles.